The SMILES string of the molecule is COc1cccc(CCNC(=O)[C@@H]2CC(=O)N(C3CCCC3)C2)c1OC. The zero-order valence-electron chi connectivity index (χ0n) is 15.6. The van der Waals surface area contributed by atoms with Gasteiger partial charge in [-0.15, -0.1) is 0 Å². The number of nitrogens with zero attached hydrogens (tertiary/aromatic N) is 1. The molecule has 1 saturated heterocycles. The van der Waals surface area contributed by atoms with Gasteiger partial charge >= 0.3 is 0 Å². The quantitative estimate of drug-likeness (QED) is 0.809. The number of nitrogens with one attached hydrogen (secondary N) is 1. The molecule has 1 heterocycles. The molecule has 0 spiro atoms. The van der Waals surface area contributed by atoms with Gasteiger partial charge in [0, 0.05) is 25.6 Å². The van der Waals surface area contributed by atoms with Crippen LogP contribution in [0.2, 0.25) is 0 Å². The number of carbonyl (C=O) groups is 2. The van der Waals surface area contributed by atoms with Gasteiger partial charge in [-0.3, -0.25) is 9.59 Å². The van der Waals surface area contributed by atoms with E-state index in [4.69, 9.17) is 9.47 Å². The fourth-order valence-electron chi connectivity index (χ4n) is 4.09. The molecule has 6 heteroatoms. The number of ether oxygens (including phenoxy) is 2. The Morgan fingerprint density at radius 3 is 2.69 bits per heavy atom. The Kier molecular flexibility index (Phi) is 6.01. The van der Waals surface area contributed by atoms with E-state index in [0.717, 1.165) is 18.4 Å². The number of amides is 2. The maximum atomic E-state index is 12.5. The first-order chi connectivity index (χ1) is 12.6. The zero-order chi connectivity index (χ0) is 18.5. The Hall–Kier alpha value is -2.24. The molecule has 142 valence electrons. The molecular formula is C20H28N2O4. The summed E-state index contributed by atoms with van der Waals surface area (Å²) in [5.74, 6) is 1.26. The van der Waals surface area contributed by atoms with Crippen molar-refractivity contribution in [2.75, 3.05) is 27.3 Å². The second kappa shape index (κ2) is 8.43. The number of carbonyl (C=O) groups excluding carboxylic acids is 2. The molecule has 1 aromatic carbocycles. The first-order valence-electron chi connectivity index (χ1n) is 9.41. The van der Waals surface area contributed by atoms with Gasteiger partial charge in [0.1, 0.15) is 0 Å². The molecule has 3 rings (SSSR count). The number of likely N-dealkylation sites (tertiary alicyclic amines) is 1. The number of hydrogen-bond donors (Lipinski definition) is 1. The summed E-state index contributed by atoms with van der Waals surface area (Å²) >= 11 is 0. The Morgan fingerprint density at radius 1 is 1.23 bits per heavy atom. The van der Waals surface area contributed by atoms with Gasteiger partial charge in [-0.25, -0.2) is 0 Å². The van der Waals surface area contributed by atoms with Crippen molar-refractivity contribution in [2.24, 2.45) is 5.92 Å². The van der Waals surface area contributed by atoms with Crippen LogP contribution in [0.5, 0.6) is 11.5 Å². The second-order valence-corrected chi connectivity index (χ2v) is 7.08. The molecule has 1 atom stereocenters. The van der Waals surface area contributed by atoms with Crippen LogP contribution in [0.4, 0.5) is 0 Å². The third-order valence-electron chi connectivity index (χ3n) is 5.47. The fourth-order valence-corrected chi connectivity index (χ4v) is 4.09. The Morgan fingerprint density at radius 2 is 2.00 bits per heavy atom. The van der Waals surface area contributed by atoms with Crippen molar-refractivity contribution in [2.45, 2.75) is 44.6 Å². The van der Waals surface area contributed by atoms with Crippen molar-refractivity contribution in [1.82, 2.24) is 10.2 Å². The predicted octanol–water partition coefficient (Wildman–Crippen LogP) is 2.15. The molecule has 2 amide bonds. The summed E-state index contributed by atoms with van der Waals surface area (Å²) in [6.45, 7) is 1.08. The highest BCUT2D eigenvalue weighted by Crippen LogP contribution is 2.31. The van der Waals surface area contributed by atoms with E-state index in [9.17, 15) is 9.59 Å². The molecule has 1 saturated carbocycles. The van der Waals surface area contributed by atoms with Gasteiger partial charge in [-0.2, -0.15) is 0 Å². The minimum atomic E-state index is -0.227. The summed E-state index contributed by atoms with van der Waals surface area (Å²) in [5.41, 5.74) is 0.988. The number of rotatable bonds is 7. The first kappa shape index (κ1) is 18.5. The van der Waals surface area contributed by atoms with Crippen molar-refractivity contribution in [3.05, 3.63) is 23.8 Å². The molecule has 1 N–H and O–H groups in total. The number of hydrogen-bond acceptors (Lipinski definition) is 4. The standard InChI is InChI=1S/C20H28N2O4/c1-25-17-9-5-6-14(19(17)26-2)10-11-21-20(24)15-12-18(23)22(13-15)16-7-3-4-8-16/h5-6,9,15-16H,3-4,7-8,10-13H2,1-2H3,(H,21,24)/t15-/m1/s1. The number of methoxy groups -OCH3 is 2. The molecule has 1 aromatic rings. The summed E-state index contributed by atoms with van der Waals surface area (Å²) in [7, 11) is 3.22. The van der Waals surface area contributed by atoms with Crippen molar-refractivity contribution in [3.8, 4) is 11.5 Å². The van der Waals surface area contributed by atoms with Crippen LogP contribution in [-0.2, 0) is 16.0 Å². The van der Waals surface area contributed by atoms with E-state index in [1.54, 1.807) is 14.2 Å². The Bertz CT molecular complexity index is 655. The highest BCUT2D eigenvalue weighted by Gasteiger charge is 2.38. The lowest BCUT2D eigenvalue weighted by Crippen LogP contribution is -2.37. The summed E-state index contributed by atoms with van der Waals surface area (Å²) < 4.78 is 10.7. The monoisotopic (exact) mass is 360 g/mol. The van der Waals surface area contributed by atoms with Gasteiger partial charge < -0.3 is 19.7 Å². The lowest BCUT2D eigenvalue weighted by Gasteiger charge is -2.23. The number of para-hydroxylation sites is 1. The molecule has 0 unspecified atom stereocenters. The smallest absolute Gasteiger partial charge is 0.225 e. The molecule has 2 fully saturated rings. The van der Waals surface area contributed by atoms with E-state index in [0.29, 0.717) is 43.5 Å². The van der Waals surface area contributed by atoms with E-state index >= 15 is 0 Å². The van der Waals surface area contributed by atoms with E-state index in [1.165, 1.54) is 12.8 Å². The summed E-state index contributed by atoms with van der Waals surface area (Å²) in [4.78, 5) is 26.6. The van der Waals surface area contributed by atoms with Crippen LogP contribution >= 0.6 is 0 Å². The molecular weight excluding hydrogens is 332 g/mol. The third kappa shape index (κ3) is 3.94. The Balaban J connectivity index is 1.51. The van der Waals surface area contributed by atoms with Gasteiger partial charge in [0.15, 0.2) is 11.5 Å². The van der Waals surface area contributed by atoms with Crippen molar-refractivity contribution >= 4 is 11.8 Å². The van der Waals surface area contributed by atoms with E-state index in [-0.39, 0.29) is 17.7 Å². The average Bonchev–Trinajstić information content (AvgIpc) is 3.30. The van der Waals surface area contributed by atoms with E-state index in [2.05, 4.69) is 5.32 Å². The highest BCUT2D eigenvalue weighted by molar-refractivity contribution is 5.89. The average molecular weight is 360 g/mol. The normalized spacial score (nSPS) is 20.5. The predicted molar refractivity (Wildman–Crippen MR) is 98.3 cm³/mol. The maximum Gasteiger partial charge on any atom is 0.225 e. The minimum Gasteiger partial charge on any atom is -0.493 e. The van der Waals surface area contributed by atoms with E-state index < -0.39 is 0 Å². The van der Waals surface area contributed by atoms with Crippen molar-refractivity contribution in [3.63, 3.8) is 0 Å². The van der Waals surface area contributed by atoms with Gasteiger partial charge in [-0.05, 0) is 30.9 Å². The molecule has 26 heavy (non-hydrogen) atoms. The van der Waals surface area contributed by atoms with Gasteiger partial charge in [-0.1, -0.05) is 25.0 Å². The maximum absolute atomic E-state index is 12.5. The summed E-state index contributed by atoms with van der Waals surface area (Å²) in [6.07, 6.45) is 5.52. The van der Waals surface area contributed by atoms with Crippen LogP contribution in [0.25, 0.3) is 0 Å². The van der Waals surface area contributed by atoms with Crippen LogP contribution in [-0.4, -0.2) is 50.1 Å². The zero-order valence-corrected chi connectivity index (χ0v) is 15.6. The van der Waals surface area contributed by atoms with Crippen molar-refractivity contribution < 1.29 is 19.1 Å². The molecule has 2 aliphatic rings. The number of benzene rings is 1. The second-order valence-electron chi connectivity index (χ2n) is 7.08. The summed E-state index contributed by atoms with van der Waals surface area (Å²) in [5, 5.41) is 2.98. The highest BCUT2D eigenvalue weighted by atomic mass is 16.5. The molecule has 0 radical (unpaired) electrons. The van der Waals surface area contributed by atoms with Gasteiger partial charge in [0.2, 0.25) is 11.8 Å². The van der Waals surface area contributed by atoms with Gasteiger partial charge in [0.25, 0.3) is 0 Å². The molecule has 1 aliphatic carbocycles. The third-order valence-corrected chi connectivity index (χ3v) is 5.47. The molecule has 0 aromatic heterocycles. The molecule has 1 aliphatic heterocycles. The largest absolute Gasteiger partial charge is 0.493 e. The van der Waals surface area contributed by atoms with Crippen LogP contribution in [0.1, 0.15) is 37.7 Å². The van der Waals surface area contributed by atoms with E-state index in [1.807, 2.05) is 23.1 Å². The molecule has 6 nitrogen and oxygen atoms in total. The van der Waals surface area contributed by atoms with Gasteiger partial charge in [0.05, 0.1) is 20.1 Å². The Labute approximate surface area is 154 Å². The summed E-state index contributed by atoms with van der Waals surface area (Å²) in [6, 6.07) is 6.08. The van der Waals surface area contributed by atoms with Crippen LogP contribution in [0, 0.1) is 5.92 Å². The van der Waals surface area contributed by atoms with Crippen molar-refractivity contribution in [1.29, 1.82) is 0 Å². The van der Waals surface area contributed by atoms with Crippen LogP contribution in [0.15, 0.2) is 18.2 Å². The minimum absolute atomic E-state index is 0.0271. The molecule has 0 bridgehead atoms. The van der Waals surface area contributed by atoms with Crippen LogP contribution < -0.4 is 14.8 Å². The lowest BCUT2D eigenvalue weighted by atomic mass is 10.1. The first-order valence-corrected chi connectivity index (χ1v) is 9.41. The van der Waals surface area contributed by atoms with Crippen LogP contribution in [0.3, 0.4) is 0 Å². The topological polar surface area (TPSA) is 67.9 Å². The lowest BCUT2D eigenvalue weighted by molar-refractivity contribution is -0.130. The fraction of sp³-hybridized carbons (Fsp3) is 0.600.